The van der Waals surface area contributed by atoms with Gasteiger partial charge in [0, 0.05) is 19.2 Å². The Bertz CT molecular complexity index is 409. The molecule has 6 nitrogen and oxygen atoms in total. The van der Waals surface area contributed by atoms with Crippen molar-refractivity contribution in [3.05, 3.63) is 23.5 Å². The van der Waals surface area contributed by atoms with Gasteiger partial charge < -0.3 is 21.3 Å². The summed E-state index contributed by atoms with van der Waals surface area (Å²) < 4.78 is 0. The van der Waals surface area contributed by atoms with E-state index in [1.54, 1.807) is 19.1 Å². The first-order chi connectivity index (χ1) is 7.91. The molecule has 0 aromatic carbocycles. The van der Waals surface area contributed by atoms with Crippen LogP contribution in [-0.4, -0.2) is 33.8 Å². The number of amides is 1. The van der Waals surface area contributed by atoms with E-state index in [1.165, 1.54) is 6.92 Å². The Morgan fingerprint density at radius 2 is 2.18 bits per heavy atom. The molecule has 1 aromatic heterocycles. The first-order valence-corrected chi connectivity index (χ1v) is 5.25. The monoisotopic (exact) mass is 239 g/mol. The average molecular weight is 239 g/mol. The van der Waals surface area contributed by atoms with Crippen molar-refractivity contribution < 1.29 is 15.0 Å². The number of anilines is 1. The summed E-state index contributed by atoms with van der Waals surface area (Å²) in [6.07, 6.45) is -2.36. The van der Waals surface area contributed by atoms with Crippen LogP contribution in [-0.2, 0) is 4.79 Å². The SMILES string of the molecule is CC(=O)NCC(O)C(O)c1nc(C)ccc1N. The number of rotatable bonds is 4. The number of aliphatic hydroxyl groups excluding tert-OH is 2. The molecule has 94 valence electrons. The van der Waals surface area contributed by atoms with Crippen LogP contribution < -0.4 is 11.1 Å². The molecule has 0 aliphatic carbocycles. The lowest BCUT2D eigenvalue weighted by Gasteiger charge is -2.19. The third-order valence-corrected chi connectivity index (χ3v) is 2.30. The molecule has 2 unspecified atom stereocenters. The van der Waals surface area contributed by atoms with E-state index >= 15 is 0 Å². The quantitative estimate of drug-likeness (QED) is 0.566. The van der Waals surface area contributed by atoms with Crippen molar-refractivity contribution in [3.8, 4) is 0 Å². The maximum Gasteiger partial charge on any atom is 0.216 e. The molecule has 0 aliphatic heterocycles. The molecule has 1 rings (SSSR count). The van der Waals surface area contributed by atoms with E-state index in [2.05, 4.69) is 10.3 Å². The second kappa shape index (κ2) is 5.60. The topological polar surface area (TPSA) is 108 Å². The van der Waals surface area contributed by atoms with Crippen molar-refractivity contribution in [2.24, 2.45) is 0 Å². The number of pyridine rings is 1. The van der Waals surface area contributed by atoms with Gasteiger partial charge in [-0.05, 0) is 19.1 Å². The standard InChI is InChI=1S/C11H17N3O3/c1-6-3-4-8(12)10(14-6)11(17)9(16)5-13-7(2)15/h3-4,9,11,16-17H,5,12H2,1-2H3,(H,13,15). The number of hydrogen-bond acceptors (Lipinski definition) is 5. The minimum Gasteiger partial charge on any atom is -0.397 e. The van der Waals surface area contributed by atoms with Gasteiger partial charge in [-0.25, -0.2) is 0 Å². The molecular weight excluding hydrogens is 222 g/mol. The van der Waals surface area contributed by atoms with Crippen LogP contribution in [0.25, 0.3) is 0 Å². The van der Waals surface area contributed by atoms with Gasteiger partial charge in [-0.2, -0.15) is 0 Å². The maximum absolute atomic E-state index is 10.7. The Balaban J connectivity index is 2.77. The predicted molar refractivity (Wildman–Crippen MR) is 63.0 cm³/mol. The summed E-state index contributed by atoms with van der Waals surface area (Å²) in [5, 5.41) is 22.0. The number of nitrogens with two attached hydrogens (primary N) is 1. The van der Waals surface area contributed by atoms with Crippen molar-refractivity contribution in [2.75, 3.05) is 12.3 Å². The van der Waals surface area contributed by atoms with E-state index in [9.17, 15) is 15.0 Å². The summed E-state index contributed by atoms with van der Waals surface area (Å²) in [6, 6.07) is 3.33. The van der Waals surface area contributed by atoms with E-state index in [0.29, 0.717) is 11.4 Å². The molecule has 0 aliphatic rings. The number of aromatic nitrogens is 1. The molecule has 0 saturated carbocycles. The smallest absolute Gasteiger partial charge is 0.216 e. The lowest BCUT2D eigenvalue weighted by atomic mass is 10.1. The van der Waals surface area contributed by atoms with E-state index in [0.717, 1.165) is 0 Å². The maximum atomic E-state index is 10.7. The summed E-state index contributed by atoms with van der Waals surface area (Å²) in [5.41, 5.74) is 6.89. The molecule has 0 bridgehead atoms. The number of carbonyl (C=O) groups is 1. The number of carbonyl (C=O) groups excluding carboxylic acids is 1. The summed E-state index contributed by atoms with van der Waals surface area (Å²) in [7, 11) is 0. The average Bonchev–Trinajstić information content (AvgIpc) is 2.28. The third kappa shape index (κ3) is 3.69. The van der Waals surface area contributed by atoms with Crippen LogP contribution >= 0.6 is 0 Å². The number of nitrogen functional groups attached to an aromatic ring is 1. The number of nitrogens with one attached hydrogen (secondary N) is 1. The fourth-order valence-electron chi connectivity index (χ4n) is 1.37. The molecule has 6 heteroatoms. The van der Waals surface area contributed by atoms with Gasteiger partial charge in [0.1, 0.15) is 12.2 Å². The van der Waals surface area contributed by atoms with Crippen LogP contribution in [0.3, 0.4) is 0 Å². The Hall–Kier alpha value is -1.66. The first-order valence-electron chi connectivity index (χ1n) is 5.25. The van der Waals surface area contributed by atoms with E-state index in [-0.39, 0.29) is 18.1 Å². The van der Waals surface area contributed by atoms with Crippen LogP contribution in [0.5, 0.6) is 0 Å². The third-order valence-electron chi connectivity index (χ3n) is 2.30. The fourth-order valence-corrected chi connectivity index (χ4v) is 1.37. The van der Waals surface area contributed by atoms with E-state index < -0.39 is 12.2 Å². The van der Waals surface area contributed by atoms with Crippen molar-refractivity contribution in [3.63, 3.8) is 0 Å². The van der Waals surface area contributed by atoms with Gasteiger partial charge in [0.05, 0.1) is 11.4 Å². The zero-order valence-corrected chi connectivity index (χ0v) is 9.84. The molecule has 0 radical (unpaired) electrons. The summed E-state index contributed by atoms with van der Waals surface area (Å²) in [6.45, 7) is 3.04. The van der Waals surface area contributed by atoms with Crippen molar-refractivity contribution in [1.82, 2.24) is 10.3 Å². The Kier molecular flexibility index (Phi) is 4.42. The van der Waals surface area contributed by atoms with Crippen molar-refractivity contribution >= 4 is 11.6 Å². The second-order valence-corrected chi connectivity index (χ2v) is 3.88. The highest BCUT2D eigenvalue weighted by Crippen LogP contribution is 2.21. The summed E-state index contributed by atoms with van der Waals surface area (Å²) in [5.74, 6) is -0.276. The zero-order valence-electron chi connectivity index (χ0n) is 9.84. The van der Waals surface area contributed by atoms with Gasteiger partial charge in [0.15, 0.2) is 0 Å². The molecule has 2 atom stereocenters. The lowest BCUT2D eigenvalue weighted by molar-refractivity contribution is -0.119. The van der Waals surface area contributed by atoms with Crippen molar-refractivity contribution in [2.45, 2.75) is 26.1 Å². The molecule has 0 spiro atoms. The molecule has 1 amide bonds. The molecular formula is C11H17N3O3. The highest BCUT2D eigenvalue weighted by Gasteiger charge is 2.22. The van der Waals surface area contributed by atoms with E-state index in [4.69, 9.17) is 5.73 Å². The van der Waals surface area contributed by atoms with Crippen LogP contribution in [0.4, 0.5) is 5.69 Å². The van der Waals surface area contributed by atoms with Gasteiger partial charge in [0.2, 0.25) is 5.91 Å². The fraction of sp³-hybridized carbons (Fsp3) is 0.455. The molecule has 1 aromatic rings. The van der Waals surface area contributed by atoms with Gasteiger partial charge >= 0.3 is 0 Å². The molecule has 1 heterocycles. The minimum atomic E-state index is -1.22. The van der Waals surface area contributed by atoms with Gasteiger partial charge in [-0.3, -0.25) is 9.78 Å². The number of nitrogens with zero attached hydrogens (tertiary/aromatic N) is 1. The normalized spacial score (nSPS) is 14.1. The molecule has 17 heavy (non-hydrogen) atoms. The molecule has 0 saturated heterocycles. The number of hydrogen-bond donors (Lipinski definition) is 4. The first kappa shape index (κ1) is 13.4. The van der Waals surface area contributed by atoms with Gasteiger partial charge in [-0.15, -0.1) is 0 Å². The largest absolute Gasteiger partial charge is 0.397 e. The zero-order chi connectivity index (χ0) is 13.0. The van der Waals surface area contributed by atoms with Crippen LogP contribution in [0.2, 0.25) is 0 Å². The Labute approximate surface area is 99.5 Å². The van der Waals surface area contributed by atoms with E-state index in [1.807, 2.05) is 0 Å². The van der Waals surface area contributed by atoms with Crippen LogP contribution in [0.15, 0.2) is 12.1 Å². The summed E-state index contributed by atoms with van der Waals surface area (Å²) >= 11 is 0. The molecule has 5 N–H and O–H groups in total. The summed E-state index contributed by atoms with van der Waals surface area (Å²) in [4.78, 5) is 14.8. The number of aryl methyl sites for hydroxylation is 1. The lowest BCUT2D eigenvalue weighted by Crippen LogP contribution is -2.34. The Morgan fingerprint density at radius 3 is 2.76 bits per heavy atom. The molecule has 0 fully saturated rings. The predicted octanol–water partition coefficient (Wildman–Crippen LogP) is -0.497. The van der Waals surface area contributed by atoms with Crippen LogP contribution in [0.1, 0.15) is 24.4 Å². The highest BCUT2D eigenvalue weighted by molar-refractivity contribution is 5.72. The second-order valence-electron chi connectivity index (χ2n) is 3.88. The number of aliphatic hydroxyl groups is 2. The van der Waals surface area contributed by atoms with Crippen LogP contribution in [0, 0.1) is 6.92 Å². The Morgan fingerprint density at radius 1 is 1.53 bits per heavy atom. The highest BCUT2D eigenvalue weighted by atomic mass is 16.3. The van der Waals surface area contributed by atoms with Crippen molar-refractivity contribution in [1.29, 1.82) is 0 Å². The minimum absolute atomic E-state index is 0.0500. The van der Waals surface area contributed by atoms with Gasteiger partial charge in [-0.1, -0.05) is 0 Å². The van der Waals surface area contributed by atoms with Gasteiger partial charge in [0.25, 0.3) is 0 Å².